The summed E-state index contributed by atoms with van der Waals surface area (Å²) in [5, 5.41) is 19.2. The lowest BCUT2D eigenvalue weighted by Crippen LogP contribution is -2.44. The van der Waals surface area contributed by atoms with Crippen LogP contribution in [0.15, 0.2) is 41.2 Å². The largest absolute Gasteiger partial charge is 0.369 e. The number of anilines is 2. The van der Waals surface area contributed by atoms with Gasteiger partial charge in [-0.25, -0.2) is 9.37 Å². The summed E-state index contributed by atoms with van der Waals surface area (Å²) >= 11 is 0. The van der Waals surface area contributed by atoms with Crippen LogP contribution in [0, 0.1) is 28.5 Å². The van der Waals surface area contributed by atoms with Crippen LogP contribution in [0.3, 0.4) is 0 Å². The van der Waals surface area contributed by atoms with Gasteiger partial charge in [0.05, 0.1) is 11.2 Å². The predicted molar refractivity (Wildman–Crippen MR) is 133 cm³/mol. The molecule has 0 spiro atoms. The summed E-state index contributed by atoms with van der Waals surface area (Å²) in [4.78, 5) is 21.9. The minimum absolute atomic E-state index is 0.0538. The molecule has 0 amide bonds. The van der Waals surface area contributed by atoms with Crippen molar-refractivity contribution >= 4 is 22.4 Å². The number of pyridine rings is 2. The normalized spacial score (nSPS) is 19.7. The average molecular weight is 471 g/mol. The van der Waals surface area contributed by atoms with E-state index in [2.05, 4.69) is 22.0 Å². The van der Waals surface area contributed by atoms with Crippen LogP contribution < -0.4 is 15.4 Å². The van der Waals surface area contributed by atoms with E-state index in [1.54, 1.807) is 19.2 Å². The number of aryl methyl sites for hydroxylation is 1. The Morgan fingerprint density at radius 2 is 1.54 bits per heavy atom. The van der Waals surface area contributed by atoms with Crippen molar-refractivity contribution in [3.8, 4) is 12.1 Å². The summed E-state index contributed by atoms with van der Waals surface area (Å²) in [5.41, 5.74) is 2.61. The quantitative estimate of drug-likeness (QED) is 0.554. The van der Waals surface area contributed by atoms with Gasteiger partial charge in [0.15, 0.2) is 0 Å². The van der Waals surface area contributed by atoms with E-state index in [0.29, 0.717) is 28.8 Å². The van der Waals surface area contributed by atoms with Gasteiger partial charge in [-0.05, 0) is 74.9 Å². The molecule has 2 saturated carbocycles. The Morgan fingerprint density at radius 1 is 0.943 bits per heavy atom. The first-order valence-electron chi connectivity index (χ1n) is 12.0. The number of hydrogen-bond acceptors (Lipinski definition) is 6. The van der Waals surface area contributed by atoms with Gasteiger partial charge >= 0.3 is 0 Å². The highest BCUT2D eigenvalue weighted by molar-refractivity contribution is 5.92. The minimum Gasteiger partial charge on any atom is -0.369 e. The lowest BCUT2D eigenvalue weighted by atomic mass is 9.88. The maximum absolute atomic E-state index is 13.5. The van der Waals surface area contributed by atoms with Crippen molar-refractivity contribution in [2.24, 2.45) is 7.05 Å². The first kappa shape index (κ1) is 22.9. The van der Waals surface area contributed by atoms with Crippen molar-refractivity contribution in [3.05, 3.63) is 63.8 Å². The summed E-state index contributed by atoms with van der Waals surface area (Å²) < 4.78 is 14.9. The zero-order chi connectivity index (χ0) is 24.7. The molecule has 2 fully saturated rings. The molecule has 5 rings (SSSR count). The van der Waals surface area contributed by atoms with Crippen LogP contribution in [0.5, 0.6) is 0 Å². The van der Waals surface area contributed by atoms with Gasteiger partial charge in [0.25, 0.3) is 5.56 Å². The molecule has 8 heteroatoms. The van der Waals surface area contributed by atoms with Crippen LogP contribution in [0.4, 0.5) is 15.8 Å². The van der Waals surface area contributed by atoms with E-state index in [9.17, 15) is 19.7 Å². The Balaban J connectivity index is 1.44. The SMILES string of the molecule is Cn1c(=O)c(C#N)c(N(C)[C@H]2CC[C@@H](N(c3ccc(F)cc3)C3CC3)CC2)c2nc(C#N)ccc21. The highest BCUT2D eigenvalue weighted by Gasteiger charge is 2.37. The van der Waals surface area contributed by atoms with E-state index in [1.807, 2.05) is 24.1 Å². The average Bonchev–Trinajstić information content (AvgIpc) is 3.72. The van der Waals surface area contributed by atoms with Crippen molar-refractivity contribution in [1.29, 1.82) is 10.5 Å². The summed E-state index contributed by atoms with van der Waals surface area (Å²) in [6, 6.07) is 15.3. The molecule has 2 aliphatic rings. The lowest BCUT2D eigenvalue weighted by Gasteiger charge is -2.42. The first-order valence-corrected chi connectivity index (χ1v) is 12.0. The van der Waals surface area contributed by atoms with Crippen LogP contribution >= 0.6 is 0 Å². The monoisotopic (exact) mass is 470 g/mol. The van der Waals surface area contributed by atoms with Crippen molar-refractivity contribution < 1.29 is 4.39 Å². The van der Waals surface area contributed by atoms with E-state index < -0.39 is 0 Å². The second-order valence-electron chi connectivity index (χ2n) is 9.56. The van der Waals surface area contributed by atoms with Gasteiger partial charge in [0.1, 0.15) is 34.7 Å². The number of halogens is 1. The summed E-state index contributed by atoms with van der Waals surface area (Å²) in [6.07, 6.45) is 6.04. The Kier molecular flexibility index (Phi) is 5.90. The molecule has 0 atom stereocenters. The standard InChI is InChI=1S/C27H27FN6O/c1-32(26-23(16-30)27(35)33(2)24-14-5-18(15-29)31-25(24)26)19-8-10-21(11-9-19)34(22-12-13-22)20-6-3-17(28)4-7-20/h3-7,14,19,21-22H,8-13H2,1-2H3/t19-,21+. The zero-order valence-electron chi connectivity index (χ0n) is 19.9. The molecule has 3 aromatic rings. The number of aromatic nitrogens is 2. The molecule has 178 valence electrons. The maximum atomic E-state index is 13.5. The molecule has 0 radical (unpaired) electrons. The molecule has 0 bridgehead atoms. The van der Waals surface area contributed by atoms with E-state index in [4.69, 9.17) is 0 Å². The third-order valence-electron chi connectivity index (χ3n) is 7.47. The van der Waals surface area contributed by atoms with E-state index in [0.717, 1.165) is 44.2 Å². The molecule has 2 aliphatic carbocycles. The van der Waals surface area contributed by atoms with Crippen molar-refractivity contribution in [2.45, 2.75) is 56.7 Å². The molecular formula is C27H27FN6O. The van der Waals surface area contributed by atoms with E-state index in [-0.39, 0.29) is 28.7 Å². The van der Waals surface area contributed by atoms with E-state index >= 15 is 0 Å². The third kappa shape index (κ3) is 4.10. The Hall–Kier alpha value is -3.91. The molecule has 0 N–H and O–H groups in total. The Labute approximate surface area is 203 Å². The first-order chi connectivity index (χ1) is 16.9. The predicted octanol–water partition coefficient (Wildman–Crippen LogP) is 4.23. The molecule has 0 unspecified atom stereocenters. The second kappa shape index (κ2) is 9.03. The molecule has 0 aliphatic heterocycles. The summed E-state index contributed by atoms with van der Waals surface area (Å²) in [7, 11) is 3.54. The van der Waals surface area contributed by atoms with Gasteiger partial charge < -0.3 is 14.4 Å². The van der Waals surface area contributed by atoms with Crippen molar-refractivity contribution in [3.63, 3.8) is 0 Å². The molecule has 7 nitrogen and oxygen atoms in total. The molecule has 0 saturated heterocycles. The van der Waals surface area contributed by atoms with Crippen molar-refractivity contribution in [1.82, 2.24) is 9.55 Å². The summed E-state index contributed by atoms with van der Waals surface area (Å²) in [5.74, 6) is -0.225. The molecular weight excluding hydrogens is 443 g/mol. The van der Waals surface area contributed by atoms with E-state index in [1.165, 1.54) is 16.7 Å². The van der Waals surface area contributed by atoms with Gasteiger partial charge in [-0.2, -0.15) is 10.5 Å². The fourth-order valence-electron chi connectivity index (χ4n) is 5.49. The number of benzene rings is 1. The van der Waals surface area contributed by atoms with Gasteiger partial charge in [0.2, 0.25) is 0 Å². The number of nitriles is 2. The Bertz CT molecular complexity index is 1410. The summed E-state index contributed by atoms with van der Waals surface area (Å²) in [6.45, 7) is 0. The topological polar surface area (TPSA) is 88.9 Å². The lowest BCUT2D eigenvalue weighted by molar-refractivity contribution is 0.366. The van der Waals surface area contributed by atoms with Crippen LogP contribution in [-0.2, 0) is 7.05 Å². The van der Waals surface area contributed by atoms with Crippen LogP contribution in [0.25, 0.3) is 11.0 Å². The molecule has 2 aromatic heterocycles. The third-order valence-corrected chi connectivity index (χ3v) is 7.47. The number of fused-ring (bicyclic) bond motifs is 1. The Morgan fingerprint density at radius 3 is 2.11 bits per heavy atom. The molecule has 2 heterocycles. The molecule has 1 aromatic carbocycles. The smallest absolute Gasteiger partial charge is 0.270 e. The number of rotatable bonds is 5. The second-order valence-corrected chi connectivity index (χ2v) is 9.56. The van der Waals surface area contributed by atoms with Crippen molar-refractivity contribution in [2.75, 3.05) is 16.8 Å². The fourth-order valence-corrected chi connectivity index (χ4v) is 5.49. The van der Waals surface area contributed by atoms with Crippen LogP contribution in [0.2, 0.25) is 0 Å². The van der Waals surface area contributed by atoms with Gasteiger partial charge in [0, 0.05) is 37.9 Å². The fraction of sp³-hybridized carbons (Fsp3) is 0.407. The molecule has 35 heavy (non-hydrogen) atoms. The highest BCUT2D eigenvalue weighted by Crippen LogP contribution is 2.39. The highest BCUT2D eigenvalue weighted by atomic mass is 19.1. The minimum atomic E-state index is -0.363. The van der Waals surface area contributed by atoms with Gasteiger partial charge in [-0.15, -0.1) is 0 Å². The zero-order valence-corrected chi connectivity index (χ0v) is 19.9. The van der Waals surface area contributed by atoms with Gasteiger partial charge in [-0.1, -0.05) is 0 Å². The van der Waals surface area contributed by atoms with Gasteiger partial charge in [-0.3, -0.25) is 4.79 Å². The van der Waals surface area contributed by atoms with Crippen LogP contribution in [0.1, 0.15) is 49.8 Å². The number of hydrogen-bond donors (Lipinski definition) is 0. The maximum Gasteiger partial charge on any atom is 0.270 e. The number of nitrogens with zero attached hydrogens (tertiary/aromatic N) is 6. The van der Waals surface area contributed by atoms with Crippen LogP contribution in [-0.4, -0.2) is 34.7 Å².